The van der Waals surface area contributed by atoms with E-state index in [1.807, 2.05) is 37.3 Å². The summed E-state index contributed by atoms with van der Waals surface area (Å²) in [6.07, 6.45) is 1.50. The summed E-state index contributed by atoms with van der Waals surface area (Å²) < 4.78 is 20.1. The van der Waals surface area contributed by atoms with Gasteiger partial charge in [0.25, 0.3) is 5.91 Å². The first-order valence-electron chi connectivity index (χ1n) is 12.5. The number of rotatable bonds is 4. The standard InChI is InChI=1S/C30H27FN4O2/c1-20-6-4-9-22(16-20)29(36)34-15-13-27-26(19-34)28(37-25-11-5-10-24(31)17-25)33-30(32-27)35-14-12-21-7-2-3-8-23(21)18-35/h2-11,16-17H,12-15,18-19H2,1H3. The lowest BCUT2D eigenvalue weighted by molar-refractivity contribution is 0.0732. The maximum absolute atomic E-state index is 13.9. The number of anilines is 1. The van der Waals surface area contributed by atoms with Gasteiger partial charge in [-0.1, -0.05) is 48.0 Å². The van der Waals surface area contributed by atoms with Crippen LogP contribution in [0.2, 0.25) is 0 Å². The van der Waals surface area contributed by atoms with Crippen LogP contribution in [-0.4, -0.2) is 33.9 Å². The number of benzene rings is 3. The molecule has 1 amide bonds. The normalized spacial score (nSPS) is 14.6. The fourth-order valence-corrected chi connectivity index (χ4v) is 5.04. The molecule has 3 aromatic carbocycles. The van der Waals surface area contributed by atoms with Gasteiger partial charge in [0.05, 0.1) is 17.8 Å². The van der Waals surface area contributed by atoms with E-state index in [1.165, 1.54) is 23.3 Å². The summed E-state index contributed by atoms with van der Waals surface area (Å²) >= 11 is 0. The molecular formula is C30H27FN4O2. The van der Waals surface area contributed by atoms with E-state index >= 15 is 0 Å². The first-order valence-corrected chi connectivity index (χ1v) is 12.5. The number of aromatic nitrogens is 2. The van der Waals surface area contributed by atoms with Gasteiger partial charge in [-0.25, -0.2) is 9.37 Å². The minimum Gasteiger partial charge on any atom is -0.438 e. The van der Waals surface area contributed by atoms with Crippen molar-refractivity contribution >= 4 is 11.9 Å². The average Bonchev–Trinajstić information content (AvgIpc) is 2.92. The Balaban J connectivity index is 1.35. The predicted molar refractivity (Wildman–Crippen MR) is 139 cm³/mol. The van der Waals surface area contributed by atoms with Crippen molar-refractivity contribution in [2.45, 2.75) is 32.9 Å². The smallest absolute Gasteiger partial charge is 0.254 e. The zero-order valence-corrected chi connectivity index (χ0v) is 20.7. The van der Waals surface area contributed by atoms with Crippen LogP contribution in [-0.2, 0) is 25.9 Å². The molecule has 4 aromatic rings. The van der Waals surface area contributed by atoms with Crippen molar-refractivity contribution in [2.75, 3.05) is 18.0 Å². The van der Waals surface area contributed by atoms with Gasteiger partial charge in [0, 0.05) is 37.7 Å². The molecule has 37 heavy (non-hydrogen) atoms. The summed E-state index contributed by atoms with van der Waals surface area (Å²) in [5.41, 5.74) is 5.92. The molecule has 2 aliphatic heterocycles. The van der Waals surface area contributed by atoms with Crippen LogP contribution in [0.25, 0.3) is 0 Å². The van der Waals surface area contributed by atoms with E-state index in [0.29, 0.717) is 49.2 Å². The second-order valence-electron chi connectivity index (χ2n) is 9.60. The molecule has 7 heteroatoms. The highest BCUT2D eigenvalue weighted by atomic mass is 19.1. The monoisotopic (exact) mass is 494 g/mol. The topological polar surface area (TPSA) is 58.6 Å². The lowest BCUT2D eigenvalue weighted by Crippen LogP contribution is -2.38. The number of ether oxygens (including phenoxy) is 1. The lowest BCUT2D eigenvalue weighted by Gasteiger charge is -2.32. The van der Waals surface area contributed by atoms with Gasteiger partial charge in [-0.3, -0.25) is 4.79 Å². The number of aryl methyl sites for hydroxylation is 1. The molecule has 0 bridgehead atoms. The van der Waals surface area contributed by atoms with Crippen LogP contribution >= 0.6 is 0 Å². The minimum atomic E-state index is -0.385. The third-order valence-electron chi connectivity index (χ3n) is 6.99. The van der Waals surface area contributed by atoms with Gasteiger partial charge in [0.1, 0.15) is 11.6 Å². The second-order valence-corrected chi connectivity index (χ2v) is 9.60. The highest BCUT2D eigenvalue weighted by Crippen LogP contribution is 2.33. The predicted octanol–water partition coefficient (Wildman–Crippen LogP) is 5.48. The van der Waals surface area contributed by atoms with Gasteiger partial charge < -0.3 is 14.5 Å². The van der Waals surface area contributed by atoms with Crippen molar-refractivity contribution in [1.82, 2.24) is 14.9 Å². The maximum Gasteiger partial charge on any atom is 0.254 e. The summed E-state index contributed by atoms with van der Waals surface area (Å²) in [6.45, 7) is 4.37. The van der Waals surface area contributed by atoms with E-state index in [0.717, 1.165) is 29.8 Å². The Kier molecular flexibility index (Phi) is 6.04. The van der Waals surface area contributed by atoms with Crippen LogP contribution in [0, 0.1) is 12.7 Å². The zero-order chi connectivity index (χ0) is 25.4. The third-order valence-corrected chi connectivity index (χ3v) is 6.99. The summed E-state index contributed by atoms with van der Waals surface area (Å²) in [4.78, 5) is 27.0. The number of carbonyl (C=O) groups excluding carboxylic acids is 1. The van der Waals surface area contributed by atoms with Crippen molar-refractivity contribution in [3.05, 3.63) is 112 Å². The van der Waals surface area contributed by atoms with Crippen LogP contribution in [0.4, 0.5) is 10.3 Å². The number of halogens is 1. The Labute approximate surface area is 215 Å². The van der Waals surface area contributed by atoms with Crippen LogP contribution in [0.15, 0.2) is 72.8 Å². The molecule has 6 nitrogen and oxygen atoms in total. The van der Waals surface area contributed by atoms with E-state index in [2.05, 4.69) is 23.1 Å². The molecule has 0 N–H and O–H groups in total. The van der Waals surface area contributed by atoms with Crippen LogP contribution in [0.3, 0.4) is 0 Å². The van der Waals surface area contributed by atoms with Gasteiger partial charge in [-0.15, -0.1) is 0 Å². The van der Waals surface area contributed by atoms with Crippen molar-refractivity contribution in [1.29, 1.82) is 0 Å². The van der Waals surface area contributed by atoms with Gasteiger partial charge in [-0.05, 0) is 48.7 Å². The SMILES string of the molecule is Cc1cccc(C(=O)N2CCc3nc(N4CCc5ccccc5C4)nc(Oc4cccc(F)c4)c3C2)c1. The quantitative estimate of drug-likeness (QED) is 0.376. The molecule has 0 fully saturated rings. The fourth-order valence-electron chi connectivity index (χ4n) is 5.04. The third kappa shape index (κ3) is 4.77. The van der Waals surface area contributed by atoms with Crippen molar-refractivity contribution in [3.8, 4) is 11.6 Å². The number of hydrogen-bond acceptors (Lipinski definition) is 5. The molecule has 0 spiro atoms. The summed E-state index contributed by atoms with van der Waals surface area (Å²) in [5, 5.41) is 0. The minimum absolute atomic E-state index is 0.0391. The van der Waals surface area contributed by atoms with Crippen molar-refractivity contribution < 1.29 is 13.9 Å². The molecular weight excluding hydrogens is 467 g/mol. The average molecular weight is 495 g/mol. The van der Waals surface area contributed by atoms with Crippen molar-refractivity contribution in [3.63, 3.8) is 0 Å². The summed E-state index contributed by atoms with van der Waals surface area (Å²) in [7, 11) is 0. The second kappa shape index (κ2) is 9.65. The maximum atomic E-state index is 13.9. The van der Waals surface area contributed by atoms with Crippen LogP contribution < -0.4 is 9.64 Å². The van der Waals surface area contributed by atoms with Gasteiger partial charge in [0.2, 0.25) is 11.8 Å². The molecule has 2 aliphatic rings. The molecule has 186 valence electrons. The molecule has 0 saturated heterocycles. The number of amides is 1. The Bertz CT molecular complexity index is 1490. The number of nitrogens with zero attached hydrogens (tertiary/aromatic N) is 4. The van der Waals surface area contributed by atoms with E-state index in [-0.39, 0.29) is 11.7 Å². The molecule has 3 heterocycles. The highest BCUT2D eigenvalue weighted by Gasteiger charge is 2.29. The van der Waals surface area contributed by atoms with Crippen molar-refractivity contribution in [2.24, 2.45) is 0 Å². The fraction of sp³-hybridized carbons (Fsp3) is 0.233. The summed E-state index contributed by atoms with van der Waals surface area (Å²) in [6, 6.07) is 22.0. The van der Waals surface area contributed by atoms with E-state index in [9.17, 15) is 9.18 Å². The Morgan fingerprint density at radius 1 is 0.892 bits per heavy atom. The Morgan fingerprint density at radius 3 is 2.57 bits per heavy atom. The van der Waals surface area contributed by atoms with Crippen LogP contribution in [0.1, 0.15) is 38.3 Å². The van der Waals surface area contributed by atoms with Crippen LogP contribution in [0.5, 0.6) is 11.6 Å². The molecule has 0 unspecified atom stereocenters. The molecule has 1 aromatic heterocycles. The molecule has 0 aliphatic carbocycles. The van der Waals surface area contributed by atoms with Gasteiger partial charge in [0.15, 0.2) is 0 Å². The number of fused-ring (bicyclic) bond motifs is 2. The lowest BCUT2D eigenvalue weighted by atomic mass is 10.0. The number of carbonyl (C=O) groups is 1. The Morgan fingerprint density at radius 2 is 1.73 bits per heavy atom. The van der Waals surface area contributed by atoms with E-state index in [1.54, 1.807) is 17.0 Å². The first kappa shape index (κ1) is 23.2. The highest BCUT2D eigenvalue weighted by molar-refractivity contribution is 5.94. The molecule has 6 rings (SSSR count). The zero-order valence-electron chi connectivity index (χ0n) is 20.7. The largest absolute Gasteiger partial charge is 0.438 e. The van der Waals surface area contributed by atoms with E-state index < -0.39 is 0 Å². The molecule has 0 radical (unpaired) electrons. The van der Waals surface area contributed by atoms with Gasteiger partial charge >= 0.3 is 0 Å². The number of hydrogen-bond donors (Lipinski definition) is 0. The molecule has 0 atom stereocenters. The molecule has 0 saturated carbocycles. The summed E-state index contributed by atoms with van der Waals surface area (Å²) in [5.74, 6) is 0.898. The van der Waals surface area contributed by atoms with E-state index in [4.69, 9.17) is 14.7 Å². The Hall–Kier alpha value is -4.26. The van der Waals surface area contributed by atoms with Gasteiger partial charge in [-0.2, -0.15) is 4.98 Å². The first-order chi connectivity index (χ1) is 18.0.